The summed E-state index contributed by atoms with van der Waals surface area (Å²) in [5, 5.41) is 18.0. The van der Waals surface area contributed by atoms with Crippen LogP contribution in [0.5, 0.6) is 5.75 Å². The molecule has 1 aromatic heterocycles. The molecule has 0 bridgehead atoms. The summed E-state index contributed by atoms with van der Waals surface area (Å²) in [5.41, 5.74) is 1.70. The number of nitrogens with zero attached hydrogens (tertiary/aromatic N) is 1. The summed E-state index contributed by atoms with van der Waals surface area (Å²) in [5.74, 6) is 0.733. The van der Waals surface area contributed by atoms with E-state index in [9.17, 15) is 0 Å². The number of rotatable bonds is 6. The van der Waals surface area contributed by atoms with E-state index in [1.165, 1.54) is 5.56 Å². The Morgan fingerprint density at radius 1 is 1.10 bits per heavy atom. The van der Waals surface area contributed by atoms with Crippen LogP contribution >= 0.6 is 0 Å². The Kier molecular flexibility index (Phi) is 5.15. The molecular weight excluding hydrogens is 253 g/mol. The van der Waals surface area contributed by atoms with E-state index < -0.39 is 7.12 Å². The normalized spacial score (nSPS) is 11.9. The van der Waals surface area contributed by atoms with E-state index in [1.807, 2.05) is 19.1 Å². The first-order valence-electron chi connectivity index (χ1n) is 6.67. The summed E-state index contributed by atoms with van der Waals surface area (Å²) >= 11 is 0. The van der Waals surface area contributed by atoms with Gasteiger partial charge in [0.2, 0.25) is 0 Å². The van der Waals surface area contributed by atoms with Gasteiger partial charge in [-0.2, -0.15) is 0 Å². The molecule has 1 atom stereocenters. The van der Waals surface area contributed by atoms with E-state index in [-0.39, 0.29) is 6.10 Å². The zero-order chi connectivity index (χ0) is 14.4. The Bertz CT molecular complexity index is 516. The van der Waals surface area contributed by atoms with Crippen molar-refractivity contribution >= 4 is 12.6 Å². The van der Waals surface area contributed by atoms with Gasteiger partial charge in [0.15, 0.2) is 0 Å². The molecule has 1 aromatic carbocycles. The second-order valence-corrected chi connectivity index (χ2v) is 4.77. The van der Waals surface area contributed by atoms with Crippen LogP contribution in [0, 0.1) is 0 Å². The van der Waals surface area contributed by atoms with Gasteiger partial charge in [0.05, 0.1) is 6.10 Å². The Morgan fingerprint density at radius 3 is 2.35 bits per heavy atom. The molecule has 5 heteroatoms. The largest absolute Gasteiger partial charge is 0.491 e. The van der Waals surface area contributed by atoms with Crippen molar-refractivity contribution in [3.8, 4) is 5.75 Å². The van der Waals surface area contributed by atoms with Crippen LogP contribution < -0.4 is 10.2 Å². The van der Waals surface area contributed by atoms with E-state index in [1.54, 1.807) is 36.7 Å². The molecule has 0 radical (unpaired) electrons. The molecule has 0 spiro atoms. The van der Waals surface area contributed by atoms with Crippen molar-refractivity contribution in [3.05, 3.63) is 54.4 Å². The van der Waals surface area contributed by atoms with Crippen molar-refractivity contribution in [2.45, 2.75) is 25.9 Å². The number of aryl methyl sites for hydroxylation is 1. The lowest BCUT2D eigenvalue weighted by atomic mass is 9.80. The maximum absolute atomic E-state index is 9.02. The number of pyridine rings is 1. The van der Waals surface area contributed by atoms with Gasteiger partial charge in [-0.15, -0.1) is 0 Å². The monoisotopic (exact) mass is 271 g/mol. The van der Waals surface area contributed by atoms with Gasteiger partial charge in [-0.05, 0) is 55.1 Å². The number of benzene rings is 1. The number of aromatic nitrogens is 1. The molecule has 0 amide bonds. The van der Waals surface area contributed by atoms with Crippen molar-refractivity contribution in [2.24, 2.45) is 0 Å². The first-order valence-corrected chi connectivity index (χ1v) is 6.67. The zero-order valence-electron chi connectivity index (χ0n) is 11.4. The third-order valence-electron chi connectivity index (χ3n) is 3.10. The minimum absolute atomic E-state index is 0.0908. The molecule has 104 valence electrons. The highest BCUT2D eigenvalue weighted by molar-refractivity contribution is 6.58. The molecule has 0 fully saturated rings. The van der Waals surface area contributed by atoms with Crippen LogP contribution in [0.25, 0.3) is 0 Å². The minimum Gasteiger partial charge on any atom is -0.491 e. The summed E-state index contributed by atoms with van der Waals surface area (Å²) in [6.07, 6.45) is 5.53. The van der Waals surface area contributed by atoms with E-state index in [0.717, 1.165) is 18.6 Å². The average molecular weight is 271 g/mol. The van der Waals surface area contributed by atoms with Crippen LogP contribution in [0.15, 0.2) is 48.8 Å². The molecule has 0 saturated heterocycles. The Balaban J connectivity index is 1.83. The predicted octanol–water partition coefficient (Wildman–Crippen LogP) is 1.16. The minimum atomic E-state index is -1.44. The first-order chi connectivity index (χ1) is 9.65. The van der Waals surface area contributed by atoms with Crippen LogP contribution in [0.4, 0.5) is 0 Å². The van der Waals surface area contributed by atoms with E-state index in [4.69, 9.17) is 14.8 Å². The molecule has 0 aliphatic rings. The van der Waals surface area contributed by atoms with Crippen molar-refractivity contribution in [3.63, 3.8) is 0 Å². The molecule has 0 aliphatic heterocycles. The second-order valence-electron chi connectivity index (χ2n) is 4.77. The molecule has 0 saturated carbocycles. The molecule has 2 aromatic rings. The number of ether oxygens (including phenoxy) is 1. The zero-order valence-corrected chi connectivity index (χ0v) is 11.4. The predicted molar refractivity (Wildman–Crippen MR) is 78.9 cm³/mol. The highest BCUT2D eigenvalue weighted by Gasteiger charge is 2.11. The molecular formula is C15H18BNO3. The van der Waals surface area contributed by atoms with Gasteiger partial charge in [0.1, 0.15) is 5.75 Å². The SMILES string of the molecule is CC(CCc1ccncc1)Oc1ccc(B(O)O)cc1. The maximum Gasteiger partial charge on any atom is 0.488 e. The van der Waals surface area contributed by atoms with Crippen molar-refractivity contribution in [2.75, 3.05) is 0 Å². The molecule has 1 unspecified atom stereocenters. The highest BCUT2D eigenvalue weighted by Crippen LogP contribution is 2.13. The average Bonchev–Trinajstić information content (AvgIpc) is 2.47. The van der Waals surface area contributed by atoms with Crippen LogP contribution in [0.2, 0.25) is 0 Å². The van der Waals surface area contributed by atoms with Crippen molar-refractivity contribution < 1.29 is 14.8 Å². The summed E-state index contributed by atoms with van der Waals surface area (Å²) < 4.78 is 5.79. The summed E-state index contributed by atoms with van der Waals surface area (Å²) in [6.45, 7) is 2.02. The number of hydrogen-bond donors (Lipinski definition) is 2. The Labute approximate surface area is 119 Å². The third kappa shape index (κ3) is 4.37. The van der Waals surface area contributed by atoms with Gasteiger partial charge in [-0.25, -0.2) is 0 Å². The van der Waals surface area contributed by atoms with Crippen molar-refractivity contribution in [1.82, 2.24) is 4.98 Å². The van der Waals surface area contributed by atoms with Gasteiger partial charge in [-0.1, -0.05) is 12.1 Å². The molecule has 1 heterocycles. The smallest absolute Gasteiger partial charge is 0.488 e. The van der Waals surface area contributed by atoms with Gasteiger partial charge < -0.3 is 14.8 Å². The van der Waals surface area contributed by atoms with Crippen LogP contribution in [-0.2, 0) is 6.42 Å². The van der Waals surface area contributed by atoms with Gasteiger partial charge in [0.25, 0.3) is 0 Å². The lowest BCUT2D eigenvalue weighted by Gasteiger charge is -2.15. The number of hydrogen-bond acceptors (Lipinski definition) is 4. The summed E-state index contributed by atoms with van der Waals surface area (Å²) in [6, 6.07) is 10.8. The summed E-state index contributed by atoms with van der Waals surface area (Å²) in [4.78, 5) is 3.99. The second kappa shape index (κ2) is 7.08. The fraction of sp³-hybridized carbons (Fsp3) is 0.267. The van der Waals surface area contributed by atoms with Gasteiger partial charge in [0, 0.05) is 12.4 Å². The third-order valence-corrected chi connectivity index (χ3v) is 3.10. The molecule has 2 N–H and O–H groups in total. The van der Waals surface area contributed by atoms with Crippen LogP contribution in [0.3, 0.4) is 0 Å². The topological polar surface area (TPSA) is 62.6 Å². The lowest BCUT2D eigenvalue weighted by molar-refractivity contribution is 0.211. The molecule has 0 aliphatic carbocycles. The fourth-order valence-electron chi connectivity index (χ4n) is 1.93. The highest BCUT2D eigenvalue weighted by atomic mass is 16.5. The maximum atomic E-state index is 9.02. The molecule has 2 rings (SSSR count). The van der Waals surface area contributed by atoms with Crippen LogP contribution in [0.1, 0.15) is 18.9 Å². The van der Waals surface area contributed by atoms with Crippen molar-refractivity contribution in [1.29, 1.82) is 0 Å². The van der Waals surface area contributed by atoms with E-state index in [0.29, 0.717) is 5.46 Å². The standard InChI is InChI=1S/C15H18BNO3/c1-12(2-3-13-8-10-17-11-9-13)20-15-6-4-14(5-7-15)16(18)19/h4-12,18-19H,2-3H2,1H3. The molecule has 20 heavy (non-hydrogen) atoms. The van der Waals surface area contributed by atoms with Gasteiger partial charge >= 0.3 is 7.12 Å². The van der Waals surface area contributed by atoms with Gasteiger partial charge in [-0.3, -0.25) is 4.98 Å². The Morgan fingerprint density at radius 2 is 1.75 bits per heavy atom. The van der Waals surface area contributed by atoms with Crippen LogP contribution in [-0.4, -0.2) is 28.3 Å². The quantitative estimate of drug-likeness (QED) is 0.774. The van der Waals surface area contributed by atoms with E-state index >= 15 is 0 Å². The first kappa shape index (κ1) is 14.6. The fourth-order valence-corrected chi connectivity index (χ4v) is 1.93. The summed E-state index contributed by atoms with van der Waals surface area (Å²) in [7, 11) is -1.44. The Hall–Kier alpha value is -1.85. The molecule has 4 nitrogen and oxygen atoms in total. The lowest BCUT2D eigenvalue weighted by Crippen LogP contribution is -2.29. The van der Waals surface area contributed by atoms with E-state index in [2.05, 4.69) is 4.98 Å².